The average molecular weight is 272 g/mol. The van der Waals surface area contributed by atoms with Crippen molar-refractivity contribution in [3.8, 4) is 5.75 Å². The van der Waals surface area contributed by atoms with Crippen molar-refractivity contribution in [2.24, 2.45) is 5.73 Å². The fraction of sp³-hybridized carbons (Fsp3) is 0.312. The minimum absolute atomic E-state index is 0.0121. The molecule has 0 heterocycles. The van der Waals surface area contributed by atoms with E-state index in [-0.39, 0.29) is 12.5 Å². The predicted octanol–water partition coefficient (Wildman–Crippen LogP) is 2.07. The highest BCUT2D eigenvalue weighted by molar-refractivity contribution is 5.84. The van der Waals surface area contributed by atoms with E-state index in [9.17, 15) is 4.79 Å². The quantitative estimate of drug-likeness (QED) is 0.875. The molecule has 0 aliphatic heterocycles. The highest BCUT2D eigenvalue weighted by atomic mass is 16.5. The molecule has 0 saturated heterocycles. The van der Waals surface area contributed by atoms with E-state index in [0.717, 1.165) is 10.8 Å². The second-order valence-electron chi connectivity index (χ2n) is 5.43. The van der Waals surface area contributed by atoms with Gasteiger partial charge in [0.2, 0.25) is 0 Å². The third-order valence-electron chi connectivity index (χ3n) is 3.08. The molecule has 0 aromatic heterocycles. The zero-order valence-corrected chi connectivity index (χ0v) is 11.8. The van der Waals surface area contributed by atoms with Crippen LogP contribution in [0.2, 0.25) is 0 Å². The van der Waals surface area contributed by atoms with Gasteiger partial charge < -0.3 is 15.8 Å². The molecule has 3 N–H and O–H groups in total. The highest BCUT2D eigenvalue weighted by Gasteiger charge is 2.18. The van der Waals surface area contributed by atoms with E-state index in [1.807, 2.05) is 56.3 Å². The molecule has 0 aliphatic carbocycles. The maximum atomic E-state index is 11.8. The molecule has 4 nitrogen and oxygen atoms in total. The SMILES string of the molecule is CC(C)(CN)NC(=O)COc1ccc2ccccc2c1. The first kappa shape index (κ1) is 14.3. The van der Waals surface area contributed by atoms with Crippen LogP contribution in [-0.2, 0) is 4.79 Å². The van der Waals surface area contributed by atoms with Gasteiger partial charge in [-0.1, -0.05) is 30.3 Å². The Bertz CT molecular complexity index is 608. The van der Waals surface area contributed by atoms with Crippen LogP contribution in [0.25, 0.3) is 10.8 Å². The van der Waals surface area contributed by atoms with E-state index < -0.39 is 5.54 Å². The van der Waals surface area contributed by atoms with E-state index in [0.29, 0.717) is 12.3 Å². The van der Waals surface area contributed by atoms with Gasteiger partial charge in [-0.2, -0.15) is 0 Å². The van der Waals surface area contributed by atoms with Crippen molar-refractivity contribution in [3.05, 3.63) is 42.5 Å². The Balaban J connectivity index is 1.97. The van der Waals surface area contributed by atoms with Gasteiger partial charge in [-0.15, -0.1) is 0 Å². The van der Waals surface area contributed by atoms with Crippen LogP contribution in [0.15, 0.2) is 42.5 Å². The zero-order chi connectivity index (χ0) is 14.6. The summed E-state index contributed by atoms with van der Waals surface area (Å²) in [6, 6.07) is 13.8. The Morgan fingerprint density at radius 3 is 2.60 bits per heavy atom. The highest BCUT2D eigenvalue weighted by Crippen LogP contribution is 2.20. The molecule has 0 unspecified atom stereocenters. The fourth-order valence-corrected chi connectivity index (χ4v) is 1.87. The molecule has 0 radical (unpaired) electrons. The molecule has 0 spiro atoms. The average Bonchev–Trinajstić information content (AvgIpc) is 2.44. The Hall–Kier alpha value is -2.07. The molecule has 4 heteroatoms. The number of carbonyl (C=O) groups excluding carboxylic acids is 1. The number of fused-ring (bicyclic) bond motifs is 1. The first-order valence-electron chi connectivity index (χ1n) is 6.63. The van der Waals surface area contributed by atoms with Gasteiger partial charge in [0.1, 0.15) is 5.75 Å². The first-order chi connectivity index (χ1) is 9.50. The number of hydrogen-bond donors (Lipinski definition) is 2. The second kappa shape index (κ2) is 5.92. The molecule has 2 rings (SSSR count). The van der Waals surface area contributed by atoms with Crippen molar-refractivity contribution >= 4 is 16.7 Å². The number of carbonyl (C=O) groups is 1. The van der Waals surface area contributed by atoms with Gasteiger partial charge in [-0.3, -0.25) is 4.79 Å². The number of hydrogen-bond acceptors (Lipinski definition) is 3. The lowest BCUT2D eigenvalue weighted by Gasteiger charge is -2.24. The number of nitrogens with one attached hydrogen (secondary N) is 1. The maximum Gasteiger partial charge on any atom is 0.258 e. The molecule has 2 aromatic rings. The molecule has 0 fully saturated rings. The number of nitrogens with two attached hydrogens (primary N) is 1. The smallest absolute Gasteiger partial charge is 0.258 e. The van der Waals surface area contributed by atoms with E-state index in [1.165, 1.54) is 0 Å². The standard InChI is InChI=1S/C16H20N2O2/c1-16(2,11-17)18-15(19)10-20-14-8-7-12-5-3-4-6-13(12)9-14/h3-9H,10-11,17H2,1-2H3,(H,18,19). The first-order valence-corrected chi connectivity index (χ1v) is 6.63. The van der Waals surface area contributed by atoms with E-state index >= 15 is 0 Å². The summed E-state index contributed by atoms with van der Waals surface area (Å²) in [4.78, 5) is 11.8. The van der Waals surface area contributed by atoms with Crippen LogP contribution in [0.3, 0.4) is 0 Å². The van der Waals surface area contributed by atoms with Crippen molar-refractivity contribution in [1.82, 2.24) is 5.32 Å². The summed E-state index contributed by atoms with van der Waals surface area (Å²) in [6.45, 7) is 4.12. The minimum Gasteiger partial charge on any atom is -0.484 e. The predicted molar refractivity (Wildman–Crippen MR) is 80.7 cm³/mol. The zero-order valence-electron chi connectivity index (χ0n) is 11.8. The molecule has 0 saturated carbocycles. The van der Waals surface area contributed by atoms with Gasteiger partial charge in [0, 0.05) is 12.1 Å². The van der Waals surface area contributed by atoms with Crippen LogP contribution in [0.4, 0.5) is 0 Å². The Morgan fingerprint density at radius 2 is 1.90 bits per heavy atom. The van der Waals surface area contributed by atoms with Gasteiger partial charge in [0.15, 0.2) is 6.61 Å². The normalized spacial score (nSPS) is 11.3. The molecule has 20 heavy (non-hydrogen) atoms. The van der Waals surface area contributed by atoms with Crippen molar-refractivity contribution in [2.75, 3.05) is 13.2 Å². The van der Waals surface area contributed by atoms with Crippen LogP contribution in [0, 0.1) is 0 Å². The molecule has 0 bridgehead atoms. The molecule has 2 aromatic carbocycles. The monoisotopic (exact) mass is 272 g/mol. The number of amides is 1. The molecule has 106 valence electrons. The summed E-state index contributed by atoms with van der Waals surface area (Å²) >= 11 is 0. The maximum absolute atomic E-state index is 11.8. The van der Waals surface area contributed by atoms with Crippen molar-refractivity contribution in [2.45, 2.75) is 19.4 Å². The molecular formula is C16H20N2O2. The van der Waals surface area contributed by atoms with E-state index in [2.05, 4.69) is 5.32 Å². The summed E-state index contributed by atoms with van der Waals surface area (Å²) in [5.41, 5.74) is 5.16. The summed E-state index contributed by atoms with van der Waals surface area (Å²) < 4.78 is 5.51. The summed E-state index contributed by atoms with van der Waals surface area (Å²) in [5.74, 6) is 0.512. The van der Waals surface area contributed by atoms with Crippen LogP contribution in [0.1, 0.15) is 13.8 Å². The van der Waals surface area contributed by atoms with E-state index in [1.54, 1.807) is 0 Å². The lowest BCUT2D eigenvalue weighted by atomic mass is 10.1. The lowest BCUT2D eigenvalue weighted by Crippen LogP contribution is -2.50. The van der Waals surface area contributed by atoms with Crippen molar-refractivity contribution < 1.29 is 9.53 Å². The molecule has 1 amide bonds. The molecular weight excluding hydrogens is 252 g/mol. The summed E-state index contributed by atoms with van der Waals surface area (Å²) in [6.07, 6.45) is 0. The van der Waals surface area contributed by atoms with Crippen molar-refractivity contribution in [1.29, 1.82) is 0 Å². The number of benzene rings is 2. The Morgan fingerprint density at radius 1 is 1.20 bits per heavy atom. The lowest BCUT2D eigenvalue weighted by molar-refractivity contribution is -0.124. The Labute approximate surface area is 118 Å². The van der Waals surface area contributed by atoms with Gasteiger partial charge >= 0.3 is 0 Å². The van der Waals surface area contributed by atoms with E-state index in [4.69, 9.17) is 10.5 Å². The topological polar surface area (TPSA) is 64.3 Å². The second-order valence-corrected chi connectivity index (χ2v) is 5.43. The van der Waals surface area contributed by atoms with Gasteiger partial charge in [0.05, 0.1) is 0 Å². The Kier molecular flexibility index (Phi) is 4.25. The van der Waals surface area contributed by atoms with Gasteiger partial charge in [-0.25, -0.2) is 0 Å². The summed E-state index contributed by atoms with van der Waals surface area (Å²) in [7, 11) is 0. The molecule has 0 aliphatic rings. The van der Waals surface area contributed by atoms with Crippen molar-refractivity contribution in [3.63, 3.8) is 0 Å². The van der Waals surface area contributed by atoms with Gasteiger partial charge in [-0.05, 0) is 36.8 Å². The minimum atomic E-state index is -0.413. The van der Waals surface area contributed by atoms with Gasteiger partial charge in [0.25, 0.3) is 5.91 Å². The van der Waals surface area contributed by atoms with Crippen LogP contribution < -0.4 is 15.8 Å². The molecule has 0 atom stereocenters. The van der Waals surface area contributed by atoms with Crippen LogP contribution in [0.5, 0.6) is 5.75 Å². The summed E-state index contributed by atoms with van der Waals surface area (Å²) in [5, 5.41) is 5.06. The number of ether oxygens (including phenoxy) is 1. The third kappa shape index (κ3) is 3.71. The number of rotatable bonds is 5. The fourth-order valence-electron chi connectivity index (χ4n) is 1.87. The third-order valence-corrected chi connectivity index (χ3v) is 3.08. The largest absolute Gasteiger partial charge is 0.484 e. The van der Waals surface area contributed by atoms with Crippen LogP contribution >= 0.6 is 0 Å². The van der Waals surface area contributed by atoms with Crippen LogP contribution in [-0.4, -0.2) is 24.6 Å².